The van der Waals surface area contributed by atoms with Crippen LogP contribution in [0.4, 0.5) is 0 Å². The van der Waals surface area contributed by atoms with Gasteiger partial charge in [0.05, 0.1) is 11.9 Å². The van der Waals surface area contributed by atoms with E-state index < -0.39 is 0 Å². The van der Waals surface area contributed by atoms with E-state index in [2.05, 4.69) is 15.3 Å². The average molecular weight is 396 g/mol. The third-order valence-electron chi connectivity index (χ3n) is 3.26. The summed E-state index contributed by atoms with van der Waals surface area (Å²) < 4.78 is 0.662. The molecule has 0 atom stereocenters. The molecule has 8 heteroatoms. The highest BCUT2D eigenvalue weighted by atomic mass is 35.5. The lowest BCUT2D eigenvalue weighted by molar-refractivity contribution is 0.843. The maximum absolute atomic E-state index is 12.0. The monoisotopic (exact) mass is 395 g/mol. The van der Waals surface area contributed by atoms with Crippen molar-refractivity contribution < 1.29 is 0 Å². The molecule has 3 aromatic rings. The Morgan fingerprint density at radius 3 is 2.92 bits per heavy atom. The second-order valence-electron chi connectivity index (χ2n) is 5.14. The minimum atomic E-state index is -0.110. The second-order valence-corrected chi connectivity index (χ2v) is 8.47. The van der Waals surface area contributed by atoms with Gasteiger partial charge in [-0.3, -0.25) is 4.79 Å². The summed E-state index contributed by atoms with van der Waals surface area (Å²) in [5.74, 6) is 1.35. The van der Waals surface area contributed by atoms with E-state index in [4.69, 9.17) is 23.8 Å². The van der Waals surface area contributed by atoms with Gasteiger partial charge < -0.3 is 10.3 Å². The molecule has 24 heavy (non-hydrogen) atoms. The van der Waals surface area contributed by atoms with E-state index in [1.54, 1.807) is 0 Å². The van der Waals surface area contributed by atoms with E-state index in [-0.39, 0.29) is 5.56 Å². The molecule has 0 aliphatic heterocycles. The number of rotatable bonds is 4. The van der Waals surface area contributed by atoms with E-state index in [9.17, 15) is 4.79 Å². The van der Waals surface area contributed by atoms with Crippen molar-refractivity contribution in [3.05, 3.63) is 62.0 Å². The normalized spacial score (nSPS) is 10.9. The molecule has 2 aromatic heterocycles. The highest BCUT2D eigenvalue weighted by Gasteiger charge is 2.07. The number of benzene rings is 1. The number of fused-ring (bicyclic) bond motifs is 1. The molecule has 3 rings (SSSR count). The van der Waals surface area contributed by atoms with Crippen LogP contribution in [0.25, 0.3) is 10.2 Å². The summed E-state index contributed by atoms with van der Waals surface area (Å²) in [5, 5.41) is 4.48. The maximum Gasteiger partial charge on any atom is 0.259 e. The van der Waals surface area contributed by atoms with Crippen molar-refractivity contribution in [3.8, 4) is 0 Å². The minimum absolute atomic E-state index is 0.110. The van der Waals surface area contributed by atoms with Crippen LogP contribution in [0.15, 0.2) is 35.1 Å². The Morgan fingerprint density at radius 1 is 1.42 bits per heavy atom. The van der Waals surface area contributed by atoms with Gasteiger partial charge in [-0.1, -0.05) is 47.7 Å². The van der Waals surface area contributed by atoms with Gasteiger partial charge in [-0.2, -0.15) is 0 Å². The van der Waals surface area contributed by atoms with Gasteiger partial charge >= 0.3 is 0 Å². The molecule has 0 aliphatic rings. The summed E-state index contributed by atoms with van der Waals surface area (Å²) in [6, 6.07) is 9.53. The van der Waals surface area contributed by atoms with Gasteiger partial charge in [0, 0.05) is 15.7 Å². The summed E-state index contributed by atoms with van der Waals surface area (Å²) in [6.45, 7) is 2.36. The maximum atomic E-state index is 12.0. The Morgan fingerprint density at radius 2 is 2.17 bits per heavy atom. The van der Waals surface area contributed by atoms with E-state index in [0.29, 0.717) is 22.1 Å². The van der Waals surface area contributed by atoms with Gasteiger partial charge in [-0.05, 0) is 30.7 Å². The Hall–Kier alpha value is -1.41. The first-order valence-corrected chi connectivity index (χ1v) is 9.74. The van der Waals surface area contributed by atoms with Crippen LogP contribution in [0.1, 0.15) is 16.3 Å². The number of aryl methyl sites for hydroxylation is 1. The van der Waals surface area contributed by atoms with Gasteiger partial charge in [-0.15, -0.1) is 11.3 Å². The zero-order valence-electron chi connectivity index (χ0n) is 12.8. The van der Waals surface area contributed by atoms with Crippen LogP contribution in [0, 0.1) is 6.92 Å². The van der Waals surface area contributed by atoms with Gasteiger partial charge in [0.1, 0.15) is 15.0 Å². The number of nitrogens with one attached hydrogen (secondary N) is 2. The lowest BCUT2D eigenvalue weighted by Crippen LogP contribution is -2.22. The molecule has 124 valence electrons. The first-order valence-electron chi connectivity index (χ1n) is 7.15. The molecule has 0 saturated heterocycles. The van der Waals surface area contributed by atoms with E-state index in [0.717, 1.165) is 26.0 Å². The third-order valence-corrected chi connectivity index (χ3v) is 5.84. The van der Waals surface area contributed by atoms with Crippen molar-refractivity contribution in [1.29, 1.82) is 0 Å². The minimum Gasteiger partial charge on any atom is -0.364 e. The van der Waals surface area contributed by atoms with Crippen molar-refractivity contribution in [2.45, 2.75) is 19.2 Å². The lowest BCUT2D eigenvalue weighted by atomic mass is 10.2. The number of hydrogen-bond acceptors (Lipinski definition) is 5. The first-order chi connectivity index (χ1) is 11.5. The van der Waals surface area contributed by atoms with Crippen molar-refractivity contribution in [3.63, 3.8) is 0 Å². The van der Waals surface area contributed by atoms with E-state index in [1.807, 2.05) is 37.3 Å². The Kier molecular flexibility index (Phi) is 5.55. The molecule has 1 aromatic carbocycles. The van der Waals surface area contributed by atoms with Crippen LogP contribution in [0.5, 0.6) is 0 Å². The number of thiocarbonyl (C=S) groups is 1. The van der Waals surface area contributed by atoms with Crippen LogP contribution in [0.2, 0.25) is 5.02 Å². The predicted octanol–water partition coefficient (Wildman–Crippen LogP) is 4.25. The molecule has 0 amide bonds. The standard InChI is InChI=1S/C16H14ClN3OS3/c1-9-6-12-14(21)19-13(20-15(12)24-9)7-18-16(22)23-8-10-2-4-11(17)5-3-10/h2-6H,7-8H2,1H3,(H,18,22)(H,19,20,21). The molecule has 2 N–H and O–H groups in total. The number of thioether (sulfide) groups is 1. The average Bonchev–Trinajstić information content (AvgIpc) is 2.93. The van der Waals surface area contributed by atoms with Gasteiger partial charge in [0.25, 0.3) is 5.56 Å². The summed E-state index contributed by atoms with van der Waals surface area (Å²) in [5.41, 5.74) is 1.04. The molecule has 0 fully saturated rings. The summed E-state index contributed by atoms with van der Waals surface area (Å²) in [4.78, 5) is 21.1. The fraction of sp³-hybridized carbons (Fsp3) is 0.188. The van der Waals surface area contributed by atoms with Gasteiger partial charge in [0.15, 0.2) is 0 Å². The fourth-order valence-electron chi connectivity index (χ4n) is 2.12. The largest absolute Gasteiger partial charge is 0.364 e. The highest BCUT2D eigenvalue weighted by Crippen LogP contribution is 2.20. The smallest absolute Gasteiger partial charge is 0.259 e. The number of H-pyrrole nitrogens is 1. The summed E-state index contributed by atoms with van der Waals surface area (Å²) in [7, 11) is 0. The molecule has 0 spiro atoms. The molecule has 4 nitrogen and oxygen atoms in total. The Balaban J connectivity index is 1.58. The van der Waals surface area contributed by atoms with Gasteiger partial charge in [-0.25, -0.2) is 4.98 Å². The van der Waals surface area contributed by atoms with Crippen LogP contribution in [-0.2, 0) is 12.3 Å². The highest BCUT2D eigenvalue weighted by molar-refractivity contribution is 8.22. The van der Waals surface area contributed by atoms with Crippen molar-refractivity contribution in [2.75, 3.05) is 0 Å². The number of aromatic nitrogens is 2. The summed E-state index contributed by atoms with van der Waals surface area (Å²) >= 11 is 14.2. The first kappa shape index (κ1) is 17.4. The number of thiophene rings is 1. The topological polar surface area (TPSA) is 57.8 Å². The summed E-state index contributed by atoms with van der Waals surface area (Å²) in [6.07, 6.45) is 0. The third kappa shape index (κ3) is 4.36. The fourth-order valence-corrected chi connectivity index (χ4v) is 4.06. The predicted molar refractivity (Wildman–Crippen MR) is 107 cm³/mol. The van der Waals surface area contributed by atoms with Crippen LogP contribution in [0.3, 0.4) is 0 Å². The Bertz CT molecular complexity index is 934. The molecular weight excluding hydrogens is 382 g/mol. The van der Waals surface area contributed by atoms with Crippen LogP contribution >= 0.6 is 46.9 Å². The number of hydrogen-bond donors (Lipinski definition) is 2. The van der Waals surface area contributed by atoms with Gasteiger partial charge in [0.2, 0.25) is 0 Å². The molecule has 0 saturated carbocycles. The molecule has 2 heterocycles. The second kappa shape index (κ2) is 7.65. The van der Waals surface area contributed by atoms with Crippen LogP contribution in [-0.4, -0.2) is 14.3 Å². The molecule has 0 radical (unpaired) electrons. The van der Waals surface area contributed by atoms with Crippen LogP contribution < -0.4 is 10.9 Å². The molecule has 0 aliphatic carbocycles. The van der Waals surface area contributed by atoms with Crippen molar-refractivity contribution in [1.82, 2.24) is 15.3 Å². The molecular formula is C16H14ClN3OS3. The quantitative estimate of drug-likeness (QED) is 0.646. The lowest BCUT2D eigenvalue weighted by Gasteiger charge is -2.07. The number of halogens is 1. The Labute approximate surface area is 157 Å². The molecule has 0 unspecified atom stereocenters. The van der Waals surface area contributed by atoms with E-state index in [1.165, 1.54) is 23.1 Å². The van der Waals surface area contributed by atoms with Crippen molar-refractivity contribution >= 4 is 61.5 Å². The number of aromatic amines is 1. The molecule has 0 bridgehead atoms. The zero-order valence-corrected chi connectivity index (χ0v) is 16.0. The van der Waals surface area contributed by atoms with E-state index >= 15 is 0 Å². The van der Waals surface area contributed by atoms with Crippen molar-refractivity contribution in [2.24, 2.45) is 0 Å². The SMILES string of the molecule is Cc1cc2c(=O)[nH]c(CNC(=S)SCc3ccc(Cl)cc3)nc2s1. The number of nitrogens with zero attached hydrogens (tertiary/aromatic N) is 1. The zero-order chi connectivity index (χ0) is 17.1.